The van der Waals surface area contributed by atoms with Crippen LogP contribution in [0, 0.1) is 0 Å². The van der Waals surface area contributed by atoms with Gasteiger partial charge in [-0.3, -0.25) is 9.59 Å². The predicted octanol–water partition coefficient (Wildman–Crippen LogP) is 3.65. The first-order chi connectivity index (χ1) is 13.0. The Labute approximate surface area is 160 Å². The Hall–Kier alpha value is -2.82. The normalized spacial score (nSPS) is 14.9. The SMILES string of the molecule is COc1ccccc1[C@@H](C)N(C)C(=O)c1ccc(CN2CCCC2=O)cc1. The van der Waals surface area contributed by atoms with Gasteiger partial charge in [0.15, 0.2) is 0 Å². The Morgan fingerprint density at radius 3 is 2.52 bits per heavy atom. The molecule has 0 N–H and O–H groups in total. The van der Waals surface area contributed by atoms with Crippen molar-refractivity contribution in [3.63, 3.8) is 0 Å². The number of hydrogen-bond donors (Lipinski definition) is 0. The molecular formula is C22H26N2O3. The number of hydrogen-bond acceptors (Lipinski definition) is 3. The lowest BCUT2D eigenvalue weighted by atomic mass is 10.0. The Kier molecular flexibility index (Phi) is 5.79. The van der Waals surface area contributed by atoms with Crippen molar-refractivity contribution in [1.82, 2.24) is 9.80 Å². The van der Waals surface area contributed by atoms with Crippen molar-refractivity contribution in [1.29, 1.82) is 0 Å². The summed E-state index contributed by atoms with van der Waals surface area (Å²) in [4.78, 5) is 28.2. The Bertz CT molecular complexity index is 817. The van der Waals surface area contributed by atoms with Crippen molar-refractivity contribution in [2.75, 3.05) is 20.7 Å². The topological polar surface area (TPSA) is 49.9 Å². The van der Waals surface area contributed by atoms with E-state index in [-0.39, 0.29) is 17.9 Å². The molecule has 0 unspecified atom stereocenters. The summed E-state index contributed by atoms with van der Waals surface area (Å²) in [5.41, 5.74) is 2.65. The maximum Gasteiger partial charge on any atom is 0.254 e. The average Bonchev–Trinajstić information content (AvgIpc) is 3.11. The second-order valence-electron chi connectivity index (χ2n) is 6.95. The van der Waals surface area contributed by atoms with Gasteiger partial charge in [-0.1, -0.05) is 30.3 Å². The lowest BCUT2D eigenvalue weighted by Crippen LogP contribution is -2.30. The number of para-hydroxylation sites is 1. The van der Waals surface area contributed by atoms with Crippen molar-refractivity contribution in [2.45, 2.75) is 32.4 Å². The van der Waals surface area contributed by atoms with Gasteiger partial charge in [0, 0.05) is 37.7 Å². The van der Waals surface area contributed by atoms with Crippen LogP contribution in [-0.2, 0) is 11.3 Å². The molecule has 1 fully saturated rings. The summed E-state index contributed by atoms with van der Waals surface area (Å²) in [5.74, 6) is 0.938. The standard InChI is InChI=1S/C22H26N2O3/c1-16(19-7-4-5-8-20(19)27-3)23(2)22(26)18-12-10-17(11-13-18)15-24-14-6-9-21(24)25/h4-5,7-8,10-13,16H,6,9,14-15H2,1-3H3/t16-/m1/s1. The maximum atomic E-state index is 12.9. The number of carbonyl (C=O) groups is 2. The molecule has 1 aliphatic rings. The van der Waals surface area contributed by atoms with Crippen LogP contribution in [0.15, 0.2) is 48.5 Å². The number of carbonyl (C=O) groups excluding carboxylic acids is 2. The van der Waals surface area contributed by atoms with Crippen molar-refractivity contribution in [3.8, 4) is 5.75 Å². The molecule has 3 rings (SSSR count). The van der Waals surface area contributed by atoms with Crippen LogP contribution in [0.1, 0.15) is 47.3 Å². The fourth-order valence-corrected chi connectivity index (χ4v) is 3.44. The van der Waals surface area contributed by atoms with E-state index in [4.69, 9.17) is 4.74 Å². The van der Waals surface area contributed by atoms with Crippen LogP contribution in [0.5, 0.6) is 5.75 Å². The summed E-state index contributed by atoms with van der Waals surface area (Å²) in [6.45, 7) is 3.42. The average molecular weight is 366 g/mol. The highest BCUT2D eigenvalue weighted by Crippen LogP contribution is 2.29. The summed E-state index contributed by atoms with van der Waals surface area (Å²) in [6, 6.07) is 15.2. The smallest absolute Gasteiger partial charge is 0.254 e. The molecule has 5 heteroatoms. The first-order valence-corrected chi connectivity index (χ1v) is 9.28. The van der Waals surface area contributed by atoms with Gasteiger partial charge in [-0.25, -0.2) is 0 Å². The van der Waals surface area contributed by atoms with Gasteiger partial charge in [-0.05, 0) is 37.1 Å². The van der Waals surface area contributed by atoms with Crippen LogP contribution in [0.25, 0.3) is 0 Å². The van der Waals surface area contributed by atoms with Gasteiger partial charge in [0.25, 0.3) is 5.91 Å². The molecule has 0 saturated carbocycles. The quantitative estimate of drug-likeness (QED) is 0.784. The van der Waals surface area contributed by atoms with Gasteiger partial charge < -0.3 is 14.5 Å². The molecule has 1 saturated heterocycles. The third kappa shape index (κ3) is 4.13. The number of nitrogens with zero attached hydrogens (tertiary/aromatic N) is 2. The highest BCUT2D eigenvalue weighted by molar-refractivity contribution is 5.94. The van der Waals surface area contributed by atoms with Crippen LogP contribution in [0.3, 0.4) is 0 Å². The Morgan fingerprint density at radius 2 is 1.89 bits per heavy atom. The zero-order valence-corrected chi connectivity index (χ0v) is 16.1. The van der Waals surface area contributed by atoms with Crippen molar-refractivity contribution in [3.05, 3.63) is 65.2 Å². The number of benzene rings is 2. The monoisotopic (exact) mass is 366 g/mol. The maximum absolute atomic E-state index is 12.9. The van der Waals surface area contributed by atoms with E-state index in [0.717, 1.165) is 29.8 Å². The van der Waals surface area contributed by atoms with E-state index < -0.39 is 0 Å². The minimum absolute atomic E-state index is 0.0443. The molecule has 27 heavy (non-hydrogen) atoms. The van der Waals surface area contributed by atoms with E-state index in [0.29, 0.717) is 18.5 Å². The fourth-order valence-electron chi connectivity index (χ4n) is 3.44. The van der Waals surface area contributed by atoms with Gasteiger partial charge in [-0.15, -0.1) is 0 Å². The molecule has 142 valence electrons. The zero-order chi connectivity index (χ0) is 19.4. The molecule has 2 aromatic carbocycles. The van der Waals surface area contributed by atoms with E-state index in [2.05, 4.69) is 0 Å². The van der Waals surface area contributed by atoms with Crippen molar-refractivity contribution < 1.29 is 14.3 Å². The van der Waals surface area contributed by atoms with Crippen molar-refractivity contribution in [2.24, 2.45) is 0 Å². The molecule has 0 spiro atoms. The van der Waals surface area contributed by atoms with Gasteiger partial charge in [-0.2, -0.15) is 0 Å². The molecule has 5 nitrogen and oxygen atoms in total. The van der Waals surface area contributed by atoms with Crippen molar-refractivity contribution >= 4 is 11.8 Å². The largest absolute Gasteiger partial charge is 0.496 e. The molecule has 1 atom stereocenters. The number of methoxy groups -OCH3 is 1. The predicted molar refractivity (Wildman–Crippen MR) is 105 cm³/mol. The summed E-state index contributed by atoms with van der Waals surface area (Å²) < 4.78 is 5.42. The minimum Gasteiger partial charge on any atom is -0.496 e. The Balaban J connectivity index is 1.70. The molecule has 2 aromatic rings. The van der Waals surface area contributed by atoms with Crippen LogP contribution >= 0.6 is 0 Å². The summed E-state index contributed by atoms with van der Waals surface area (Å²) in [7, 11) is 3.44. The van der Waals surface area contributed by atoms with Crippen LogP contribution in [0.2, 0.25) is 0 Å². The van der Waals surface area contributed by atoms with Gasteiger partial charge in [0.1, 0.15) is 5.75 Å². The highest BCUT2D eigenvalue weighted by Gasteiger charge is 2.22. The van der Waals surface area contributed by atoms with E-state index in [9.17, 15) is 9.59 Å². The van der Waals surface area contributed by atoms with Crippen LogP contribution in [-0.4, -0.2) is 42.3 Å². The van der Waals surface area contributed by atoms with E-state index in [1.807, 2.05) is 60.4 Å². The lowest BCUT2D eigenvalue weighted by Gasteiger charge is -2.26. The minimum atomic E-state index is -0.115. The number of amides is 2. The summed E-state index contributed by atoms with van der Waals surface area (Å²) in [6.07, 6.45) is 1.57. The van der Waals surface area contributed by atoms with Gasteiger partial charge in [0.05, 0.1) is 13.2 Å². The second kappa shape index (κ2) is 8.25. The number of likely N-dealkylation sites (tertiary alicyclic amines) is 1. The lowest BCUT2D eigenvalue weighted by molar-refractivity contribution is -0.128. The van der Waals surface area contributed by atoms with E-state index in [1.165, 1.54) is 0 Å². The first kappa shape index (κ1) is 19.0. The van der Waals surface area contributed by atoms with Gasteiger partial charge in [0.2, 0.25) is 5.91 Å². The molecule has 2 amide bonds. The summed E-state index contributed by atoms with van der Waals surface area (Å²) >= 11 is 0. The third-order valence-corrected chi connectivity index (χ3v) is 5.24. The zero-order valence-electron chi connectivity index (χ0n) is 16.1. The third-order valence-electron chi connectivity index (χ3n) is 5.24. The van der Waals surface area contributed by atoms with Crippen LogP contribution in [0.4, 0.5) is 0 Å². The van der Waals surface area contributed by atoms with Gasteiger partial charge >= 0.3 is 0 Å². The highest BCUT2D eigenvalue weighted by atomic mass is 16.5. The molecular weight excluding hydrogens is 340 g/mol. The molecule has 0 aromatic heterocycles. The molecule has 0 aliphatic carbocycles. The van der Waals surface area contributed by atoms with Crippen LogP contribution < -0.4 is 4.74 Å². The molecule has 0 radical (unpaired) electrons. The number of ether oxygens (including phenoxy) is 1. The molecule has 1 aliphatic heterocycles. The molecule has 0 bridgehead atoms. The summed E-state index contributed by atoms with van der Waals surface area (Å²) in [5, 5.41) is 0. The molecule has 1 heterocycles. The first-order valence-electron chi connectivity index (χ1n) is 9.28. The Morgan fingerprint density at radius 1 is 1.19 bits per heavy atom. The second-order valence-corrected chi connectivity index (χ2v) is 6.95. The van der Waals surface area contributed by atoms with E-state index in [1.54, 1.807) is 19.1 Å². The van der Waals surface area contributed by atoms with E-state index >= 15 is 0 Å². The fraction of sp³-hybridized carbons (Fsp3) is 0.364. The number of rotatable bonds is 6.